The van der Waals surface area contributed by atoms with Crippen molar-refractivity contribution in [2.24, 2.45) is 4.99 Å². The fourth-order valence-corrected chi connectivity index (χ4v) is 2.58. The standard InChI is InChI=1S/C16H13N7/c17-16-21-2-1-15(23-16)22-12-3-10-5-18-8-14(10)13(4-12)11-6-19-9-20-7-11/h1-7,9H,8H2,(H3,17,21,22,23). The molecular weight excluding hydrogens is 290 g/mol. The summed E-state index contributed by atoms with van der Waals surface area (Å²) in [6.45, 7) is 0.667. The van der Waals surface area contributed by atoms with Crippen LogP contribution in [0.4, 0.5) is 17.5 Å². The number of nitrogen functional groups attached to an aromatic ring is 1. The highest BCUT2D eigenvalue weighted by Gasteiger charge is 2.15. The highest BCUT2D eigenvalue weighted by Crippen LogP contribution is 2.32. The van der Waals surface area contributed by atoms with Crippen LogP contribution >= 0.6 is 0 Å². The number of anilines is 3. The van der Waals surface area contributed by atoms with E-state index in [2.05, 4.69) is 30.2 Å². The zero-order valence-electron chi connectivity index (χ0n) is 12.1. The summed E-state index contributed by atoms with van der Waals surface area (Å²) in [5.41, 5.74) is 10.8. The van der Waals surface area contributed by atoms with Crippen LogP contribution < -0.4 is 11.1 Å². The molecule has 0 saturated heterocycles. The van der Waals surface area contributed by atoms with Gasteiger partial charge in [-0.15, -0.1) is 0 Å². The second kappa shape index (κ2) is 5.45. The molecule has 3 aromatic rings. The molecule has 0 fully saturated rings. The molecule has 1 aliphatic rings. The van der Waals surface area contributed by atoms with Gasteiger partial charge in [0.05, 0.1) is 6.54 Å². The summed E-state index contributed by atoms with van der Waals surface area (Å²) < 4.78 is 0. The fraction of sp³-hybridized carbons (Fsp3) is 0.0625. The smallest absolute Gasteiger partial charge is 0.221 e. The molecule has 0 radical (unpaired) electrons. The Hall–Kier alpha value is -3.35. The van der Waals surface area contributed by atoms with Crippen LogP contribution in [-0.4, -0.2) is 26.2 Å². The zero-order valence-corrected chi connectivity index (χ0v) is 12.1. The summed E-state index contributed by atoms with van der Waals surface area (Å²) in [5.74, 6) is 0.872. The molecule has 7 heteroatoms. The van der Waals surface area contributed by atoms with Crippen LogP contribution in [0.15, 0.2) is 48.1 Å². The summed E-state index contributed by atoms with van der Waals surface area (Å²) in [7, 11) is 0. The summed E-state index contributed by atoms with van der Waals surface area (Å²) in [6, 6.07) is 5.85. The van der Waals surface area contributed by atoms with Crippen LogP contribution in [0.2, 0.25) is 0 Å². The normalized spacial score (nSPS) is 12.2. The molecule has 3 heterocycles. The predicted molar refractivity (Wildman–Crippen MR) is 88.5 cm³/mol. The van der Waals surface area contributed by atoms with Gasteiger partial charge < -0.3 is 11.1 Å². The van der Waals surface area contributed by atoms with E-state index >= 15 is 0 Å². The maximum atomic E-state index is 5.62. The highest BCUT2D eigenvalue weighted by atomic mass is 15.1. The molecule has 3 N–H and O–H groups in total. The van der Waals surface area contributed by atoms with Crippen molar-refractivity contribution in [1.82, 2.24) is 19.9 Å². The van der Waals surface area contributed by atoms with Crippen LogP contribution in [0.25, 0.3) is 11.1 Å². The quantitative estimate of drug-likeness (QED) is 0.769. The number of nitrogens with two attached hydrogens (primary N) is 1. The van der Waals surface area contributed by atoms with E-state index in [4.69, 9.17) is 5.73 Å². The van der Waals surface area contributed by atoms with Crippen molar-refractivity contribution in [2.45, 2.75) is 6.54 Å². The Balaban J connectivity index is 1.78. The maximum Gasteiger partial charge on any atom is 0.221 e. The third kappa shape index (κ3) is 2.59. The molecule has 7 nitrogen and oxygen atoms in total. The van der Waals surface area contributed by atoms with Crippen LogP contribution in [0.5, 0.6) is 0 Å². The van der Waals surface area contributed by atoms with Gasteiger partial charge in [0.25, 0.3) is 0 Å². The van der Waals surface area contributed by atoms with Gasteiger partial charge in [0.2, 0.25) is 5.95 Å². The van der Waals surface area contributed by atoms with Gasteiger partial charge in [0.15, 0.2) is 0 Å². The fourth-order valence-electron chi connectivity index (χ4n) is 2.58. The van der Waals surface area contributed by atoms with Crippen LogP contribution in [0.3, 0.4) is 0 Å². The second-order valence-corrected chi connectivity index (χ2v) is 5.11. The zero-order chi connectivity index (χ0) is 15.6. The number of nitrogens with zero attached hydrogens (tertiary/aromatic N) is 5. The van der Waals surface area contributed by atoms with Gasteiger partial charge in [0, 0.05) is 41.6 Å². The molecule has 0 bridgehead atoms. The minimum atomic E-state index is 0.231. The van der Waals surface area contributed by atoms with E-state index in [1.54, 1.807) is 24.7 Å². The van der Waals surface area contributed by atoms with E-state index in [1.807, 2.05) is 18.3 Å². The predicted octanol–water partition coefficient (Wildman–Crippen LogP) is 2.19. The number of rotatable bonds is 3. The Morgan fingerprint density at radius 2 is 2.00 bits per heavy atom. The summed E-state index contributed by atoms with van der Waals surface area (Å²) in [5, 5.41) is 3.25. The van der Waals surface area contributed by atoms with Crippen LogP contribution in [0.1, 0.15) is 11.1 Å². The molecule has 1 aromatic carbocycles. The van der Waals surface area contributed by atoms with Gasteiger partial charge >= 0.3 is 0 Å². The number of hydrogen-bond donors (Lipinski definition) is 2. The molecule has 112 valence electrons. The Bertz CT molecular complexity index is 890. The minimum Gasteiger partial charge on any atom is -0.368 e. The van der Waals surface area contributed by atoms with E-state index in [0.29, 0.717) is 12.4 Å². The monoisotopic (exact) mass is 303 g/mol. The van der Waals surface area contributed by atoms with Crippen molar-refractivity contribution >= 4 is 23.7 Å². The molecule has 0 atom stereocenters. The Morgan fingerprint density at radius 1 is 1.13 bits per heavy atom. The molecule has 0 aliphatic carbocycles. The van der Waals surface area contributed by atoms with Gasteiger partial charge in [-0.2, -0.15) is 4.98 Å². The highest BCUT2D eigenvalue weighted by molar-refractivity contribution is 5.91. The molecule has 2 aromatic heterocycles. The van der Waals surface area contributed by atoms with Crippen molar-refractivity contribution in [3.05, 3.63) is 54.2 Å². The lowest BCUT2D eigenvalue weighted by Crippen LogP contribution is -2.00. The lowest BCUT2D eigenvalue weighted by Gasteiger charge is -2.12. The van der Waals surface area contributed by atoms with E-state index in [0.717, 1.165) is 22.4 Å². The topological polar surface area (TPSA) is 102 Å². The van der Waals surface area contributed by atoms with E-state index in [1.165, 1.54) is 11.9 Å². The number of fused-ring (bicyclic) bond motifs is 1. The SMILES string of the molecule is Nc1nccc(Nc2cc3c(c(-c4cncnc4)c2)CN=C3)n1. The first-order valence-corrected chi connectivity index (χ1v) is 7.07. The molecule has 23 heavy (non-hydrogen) atoms. The number of aliphatic imine (C=N–C) groups is 1. The Labute approximate surface area is 132 Å². The summed E-state index contributed by atoms with van der Waals surface area (Å²) >= 11 is 0. The van der Waals surface area contributed by atoms with E-state index < -0.39 is 0 Å². The molecule has 0 spiro atoms. The summed E-state index contributed by atoms with van der Waals surface area (Å²) in [6.07, 6.45) is 8.61. The first kappa shape index (κ1) is 13.3. The third-order valence-electron chi connectivity index (χ3n) is 3.58. The molecule has 0 unspecified atom stereocenters. The minimum absolute atomic E-state index is 0.231. The largest absolute Gasteiger partial charge is 0.368 e. The van der Waals surface area contributed by atoms with Gasteiger partial charge in [-0.05, 0) is 29.3 Å². The first-order chi connectivity index (χ1) is 11.3. The molecule has 4 rings (SSSR count). The van der Waals surface area contributed by atoms with Crippen molar-refractivity contribution in [2.75, 3.05) is 11.1 Å². The average Bonchev–Trinajstić information content (AvgIpc) is 3.03. The Morgan fingerprint density at radius 3 is 2.83 bits per heavy atom. The number of aromatic nitrogens is 4. The van der Waals surface area contributed by atoms with Crippen LogP contribution in [-0.2, 0) is 6.54 Å². The van der Waals surface area contributed by atoms with Gasteiger partial charge in [-0.1, -0.05) is 0 Å². The lowest BCUT2D eigenvalue weighted by atomic mass is 9.97. The van der Waals surface area contributed by atoms with Crippen molar-refractivity contribution in [3.63, 3.8) is 0 Å². The molecule has 0 saturated carbocycles. The number of nitrogens with one attached hydrogen (secondary N) is 1. The number of hydrogen-bond acceptors (Lipinski definition) is 7. The van der Waals surface area contributed by atoms with Crippen molar-refractivity contribution in [1.29, 1.82) is 0 Å². The first-order valence-electron chi connectivity index (χ1n) is 7.07. The Kier molecular flexibility index (Phi) is 3.16. The molecule has 1 aliphatic heterocycles. The summed E-state index contributed by atoms with van der Waals surface area (Å²) in [4.78, 5) is 20.6. The van der Waals surface area contributed by atoms with E-state index in [9.17, 15) is 0 Å². The molecular formula is C16H13N7. The maximum absolute atomic E-state index is 5.62. The van der Waals surface area contributed by atoms with E-state index in [-0.39, 0.29) is 5.95 Å². The van der Waals surface area contributed by atoms with Crippen LogP contribution in [0, 0.1) is 0 Å². The van der Waals surface area contributed by atoms with Gasteiger partial charge in [-0.25, -0.2) is 15.0 Å². The lowest BCUT2D eigenvalue weighted by molar-refractivity contribution is 1.11. The van der Waals surface area contributed by atoms with Crippen molar-refractivity contribution < 1.29 is 0 Å². The average molecular weight is 303 g/mol. The number of benzene rings is 1. The second-order valence-electron chi connectivity index (χ2n) is 5.11. The molecule has 0 amide bonds. The van der Waals surface area contributed by atoms with Crippen molar-refractivity contribution in [3.8, 4) is 11.1 Å². The third-order valence-corrected chi connectivity index (χ3v) is 3.58. The van der Waals surface area contributed by atoms with Gasteiger partial charge in [0.1, 0.15) is 12.1 Å². The van der Waals surface area contributed by atoms with Gasteiger partial charge in [-0.3, -0.25) is 4.99 Å².